The molecule has 0 radical (unpaired) electrons. The molecule has 2 atom stereocenters. The molecule has 0 amide bonds. The quantitative estimate of drug-likeness (QED) is 0.669. The summed E-state index contributed by atoms with van der Waals surface area (Å²) in [4.78, 5) is 11.0. The number of hydrogen-bond donors (Lipinski definition) is 1. The van der Waals surface area contributed by atoms with Crippen LogP contribution in [0.4, 0.5) is 0 Å². The fourth-order valence-corrected chi connectivity index (χ4v) is 2.06. The van der Waals surface area contributed by atoms with Gasteiger partial charge in [-0.05, 0) is 0 Å². The highest BCUT2D eigenvalue weighted by atomic mass is 35.5. The molecule has 0 saturated heterocycles. The summed E-state index contributed by atoms with van der Waals surface area (Å²) in [6.07, 6.45) is -0.135. The third-order valence-electron chi connectivity index (χ3n) is 1.48. The van der Waals surface area contributed by atoms with Crippen LogP contribution in [0.2, 0.25) is 0 Å². The Balaban J connectivity index is 3.13. The summed E-state index contributed by atoms with van der Waals surface area (Å²) in [5, 5.41) is 6.09. The maximum atomic E-state index is 11.0. The lowest BCUT2D eigenvalue weighted by molar-refractivity contribution is -0.115. The van der Waals surface area contributed by atoms with Crippen molar-refractivity contribution in [3.05, 3.63) is 10.1 Å². The molecule has 0 aromatic carbocycles. The fourth-order valence-electron chi connectivity index (χ4n) is 0.834. The van der Waals surface area contributed by atoms with Gasteiger partial charge in [-0.2, -0.15) is 0 Å². The number of allylic oxidation sites excluding steroid dienone is 1. The van der Waals surface area contributed by atoms with E-state index in [9.17, 15) is 9.90 Å². The number of carbonyl (C=O) groups is 1. The van der Waals surface area contributed by atoms with Crippen molar-refractivity contribution in [3.8, 4) is 0 Å². The summed E-state index contributed by atoms with van der Waals surface area (Å²) in [6, 6.07) is 0. The average molecular weight is 250 g/mol. The summed E-state index contributed by atoms with van der Waals surface area (Å²) in [5.74, 6) is -0.506. The van der Waals surface area contributed by atoms with Gasteiger partial charge in [0.25, 0.3) is 0 Å². The molecule has 0 aromatic rings. The Morgan fingerprint density at radius 1 is 1.50 bits per heavy atom. The van der Waals surface area contributed by atoms with Crippen molar-refractivity contribution >= 4 is 52.2 Å². The molecule has 6 heteroatoms. The zero-order valence-electron chi connectivity index (χ0n) is 5.65. The largest absolute Gasteiger partial charge is 0.370 e. The first-order chi connectivity index (χ1) is 5.36. The first kappa shape index (κ1) is 10.6. The number of halogens is 4. The van der Waals surface area contributed by atoms with Crippen LogP contribution in [0.5, 0.6) is 0 Å². The van der Waals surface area contributed by atoms with Crippen molar-refractivity contribution < 1.29 is 9.90 Å². The Labute approximate surface area is 89.0 Å². The molecule has 1 N–H and O–H groups in total. The van der Waals surface area contributed by atoms with E-state index in [2.05, 4.69) is 0 Å². The minimum atomic E-state index is -1.81. The maximum Gasteiger partial charge on any atom is 0.193 e. The number of aliphatic hydroxyl groups is 1. The van der Waals surface area contributed by atoms with Crippen LogP contribution in [-0.2, 0) is 4.79 Å². The minimum absolute atomic E-state index is 0.135. The summed E-state index contributed by atoms with van der Waals surface area (Å²) < 4.78 is 0. The molecule has 12 heavy (non-hydrogen) atoms. The van der Waals surface area contributed by atoms with Crippen LogP contribution in [0.25, 0.3) is 0 Å². The van der Waals surface area contributed by atoms with Crippen molar-refractivity contribution in [1.29, 1.82) is 0 Å². The van der Waals surface area contributed by atoms with Gasteiger partial charge < -0.3 is 5.11 Å². The molecule has 0 aliphatic heterocycles. The van der Waals surface area contributed by atoms with Crippen molar-refractivity contribution in [2.45, 2.75) is 16.9 Å². The second-order valence-corrected chi connectivity index (χ2v) is 4.33. The summed E-state index contributed by atoms with van der Waals surface area (Å²) in [6.45, 7) is 0. The maximum absolute atomic E-state index is 11.0. The molecule has 0 saturated carbocycles. The van der Waals surface area contributed by atoms with Crippen LogP contribution in [0.1, 0.15) is 6.42 Å². The van der Waals surface area contributed by atoms with Gasteiger partial charge in [-0.25, -0.2) is 0 Å². The van der Waals surface area contributed by atoms with Gasteiger partial charge in [0.15, 0.2) is 10.8 Å². The third kappa shape index (κ3) is 1.73. The molecule has 0 fully saturated rings. The Kier molecular flexibility index (Phi) is 2.96. The number of ketones is 1. The van der Waals surface area contributed by atoms with Crippen molar-refractivity contribution in [2.75, 3.05) is 0 Å². The highest BCUT2D eigenvalue weighted by Gasteiger charge is 2.42. The van der Waals surface area contributed by atoms with Gasteiger partial charge in [-0.3, -0.25) is 4.79 Å². The van der Waals surface area contributed by atoms with Gasteiger partial charge in [0, 0.05) is 6.42 Å². The monoisotopic (exact) mass is 248 g/mol. The number of rotatable bonds is 0. The van der Waals surface area contributed by atoms with Gasteiger partial charge in [-0.15, -0.1) is 11.6 Å². The number of alkyl halides is 2. The first-order valence-electron chi connectivity index (χ1n) is 3.01. The zero-order valence-corrected chi connectivity index (χ0v) is 8.68. The van der Waals surface area contributed by atoms with E-state index in [4.69, 9.17) is 46.4 Å². The molecule has 0 spiro atoms. The Morgan fingerprint density at radius 2 is 2.00 bits per heavy atom. The number of hydrogen-bond acceptors (Lipinski definition) is 2. The Hall–Kier alpha value is 0.530. The van der Waals surface area contributed by atoms with Gasteiger partial charge in [0.1, 0.15) is 10.4 Å². The summed E-state index contributed by atoms with van der Waals surface area (Å²) >= 11 is 22.0. The van der Waals surface area contributed by atoms with E-state index in [0.29, 0.717) is 0 Å². The van der Waals surface area contributed by atoms with Gasteiger partial charge >= 0.3 is 0 Å². The van der Waals surface area contributed by atoms with E-state index in [1.807, 2.05) is 0 Å². The number of Topliss-reactive ketones (excluding diaryl/α,β-unsaturated/α-hetero) is 1. The van der Waals surface area contributed by atoms with Crippen molar-refractivity contribution in [2.24, 2.45) is 0 Å². The van der Waals surface area contributed by atoms with E-state index in [1.54, 1.807) is 0 Å². The van der Waals surface area contributed by atoms with Crippen LogP contribution < -0.4 is 0 Å². The lowest BCUT2D eigenvalue weighted by atomic mass is 10.0. The summed E-state index contributed by atoms with van der Waals surface area (Å²) in [5.41, 5.74) is 0. The molecular formula is C6H4Cl4O2. The molecule has 1 aliphatic carbocycles. The van der Waals surface area contributed by atoms with Gasteiger partial charge in [-0.1, -0.05) is 34.8 Å². The molecule has 1 rings (SSSR count). The Morgan fingerprint density at radius 3 is 2.50 bits per heavy atom. The molecule has 2 nitrogen and oxygen atoms in total. The van der Waals surface area contributed by atoms with Crippen molar-refractivity contribution in [1.82, 2.24) is 0 Å². The van der Waals surface area contributed by atoms with E-state index in [1.165, 1.54) is 0 Å². The van der Waals surface area contributed by atoms with Crippen molar-refractivity contribution in [3.63, 3.8) is 0 Å². The Bertz CT molecular complexity index is 258. The second-order valence-electron chi connectivity index (χ2n) is 2.42. The van der Waals surface area contributed by atoms with E-state index < -0.39 is 16.2 Å². The zero-order chi connectivity index (χ0) is 9.52. The van der Waals surface area contributed by atoms with Crippen LogP contribution in [0.3, 0.4) is 0 Å². The van der Waals surface area contributed by atoms with E-state index in [0.717, 1.165) is 0 Å². The molecular weight excluding hydrogens is 246 g/mol. The topological polar surface area (TPSA) is 37.3 Å². The van der Waals surface area contributed by atoms with E-state index in [-0.39, 0.29) is 16.5 Å². The SMILES string of the molecule is O=C1C(Cl)=C(Cl)C(O)(Cl)CC1Cl. The molecule has 1 aliphatic rings. The predicted molar refractivity (Wildman–Crippen MR) is 48.8 cm³/mol. The van der Waals surface area contributed by atoms with Crippen LogP contribution in [0, 0.1) is 0 Å². The normalized spacial score (nSPS) is 37.4. The molecule has 68 valence electrons. The van der Waals surface area contributed by atoms with Gasteiger partial charge in [0.2, 0.25) is 0 Å². The fraction of sp³-hybridized carbons (Fsp3) is 0.500. The van der Waals surface area contributed by atoms with Crippen LogP contribution >= 0.6 is 46.4 Å². The van der Waals surface area contributed by atoms with E-state index >= 15 is 0 Å². The highest BCUT2D eigenvalue weighted by Crippen LogP contribution is 2.40. The molecule has 2 unspecified atom stereocenters. The number of carbonyl (C=O) groups excluding carboxylic acids is 1. The molecule has 0 heterocycles. The summed E-state index contributed by atoms with van der Waals surface area (Å²) in [7, 11) is 0. The van der Waals surface area contributed by atoms with Gasteiger partial charge in [0.05, 0.1) is 5.03 Å². The average Bonchev–Trinajstić information content (AvgIpc) is 1.97. The predicted octanol–water partition coefficient (Wildman–Crippen LogP) is 2.18. The first-order valence-corrected chi connectivity index (χ1v) is 4.58. The second kappa shape index (κ2) is 3.35. The lowest BCUT2D eigenvalue weighted by Crippen LogP contribution is -2.35. The lowest BCUT2D eigenvalue weighted by Gasteiger charge is -2.27. The minimum Gasteiger partial charge on any atom is -0.370 e. The molecule has 0 bridgehead atoms. The highest BCUT2D eigenvalue weighted by molar-refractivity contribution is 6.55. The van der Waals surface area contributed by atoms with Crippen LogP contribution in [0.15, 0.2) is 10.1 Å². The molecule has 0 aromatic heterocycles. The third-order valence-corrected chi connectivity index (χ3v) is 3.25. The standard InChI is InChI=1S/C6H4Cl4O2/c7-2-1-6(10,12)5(9)3(8)4(2)11/h2,12H,1H2. The van der Waals surface area contributed by atoms with Crippen LogP contribution in [-0.4, -0.2) is 21.3 Å². The smallest absolute Gasteiger partial charge is 0.193 e.